The summed E-state index contributed by atoms with van der Waals surface area (Å²) in [6, 6.07) is 12.0. The Morgan fingerprint density at radius 3 is 2.35 bits per heavy atom. The van der Waals surface area contributed by atoms with Gasteiger partial charge < -0.3 is 9.80 Å². The Kier molecular flexibility index (Phi) is 5.82. The van der Waals surface area contributed by atoms with Crippen molar-refractivity contribution >= 4 is 23.1 Å². The third-order valence-corrected chi connectivity index (χ3v) is 5.83. The lowest BCUT2D eigenvalue weighted by Crippen LogP contribution is -2.29. The zero-order valence-electron chi connectivity index (χ0n) is 15.0. The molecule has 1 aliphatic rings. The van der Waals surface area contributed by atoms with Crippen molar-refractivity contribution in [1.29, 1.82) is 0 Å². The Balaban J connectivity index is 1.91. The van der Waals surface area contributed by atoms with Crippen LogP contribution in [0.1, 0.15) is 25.8 Å². The molecule has 2 aromatic carbocycles. The Morgan fingerprint density at radius 2 is 1.65 bits per heavy atom. The number of nitrogens with zero attached hydrogens (tertiary/aromatic N) is 2. The molecule has 0 fully saturated rings. The molecule has 0 bridgehead atoms. The Bertz CT molecular complexity index is 757. The number of anilines is 2. The van der Waals surface area contributed by atoms with E-state index in [4.69, 9.17) is 0 Å². The lowest BCUT2D eigenvalue weighted by molar-refractivity contribution is -0.137. The highest BCUT2D eigenvalue weighted by Crippen LogP contribution is 2.49. The van der Waals surface area contributed by atoms with Crippen LogP contribution >= 0.6 is 11.8 Å². The molecule has 0 radical (unpaired) electrons. The van der Waals surface area contributed by atoms with Gasteiger partial charge in [-0.15, -0.1) is 0 Å². The van der Waals surface area contributed by atoms with Crippen molar-refractivity contribution in [2.45, 2.75) is 36.2 Å². The fourth-order valence-electron chi connectivity index (χ4n) is 3.24. The summed E-state index contributed by atoms with van der Waals surface area (Å²) in [5.74, 6) is 0. The quantitative estimate of drug-likeness (QED) is 0.603. The third kappa shape index (κ3) is 4.01. The molecule has 0 amide bonds. The van der Waals surface area contributed by atoms with E-state index in [0.717, 1.165) is 41.5 Å². The summed E-state index contributed by atoms with van der Waals surface area (Å²) < 4.78 is 39.6. The van der Waals surface area contributed by atoms with Gasteiger partial charge in [0.1, 0.15) is 0 Å². The van der Waals surface area contributed by atoms with E-state index in [0.29, 0.717) is 12.2 Å². The maximum Gasteiger partial charge on any atom is 0.416 e. The van der Waals surface area contributed by atoms with Gasteiger partial charge in [-0.1, -0.05) is 37.7 Å². The summed E-state index contributed by atoms with van der Waals surface area (Å²) in [5.41, 5.74) is 1.05. The zero-order valence-corrected chi connectivity index (χ0v) is 15.8. The normalized spacial score (nSPS) is 13.7. The summed E-state index contributed by atoms with van der Waals surface area (Å²) in [4.78, 5) is 6.33. The maximum atomic E-state index is 13.2. The van der Waals surface area contributed by atoms with E-state index in [1.165, 1.54) is 23.9 Å². The van der Waals surface area contributed by atoms with Crippen molar-refractivity contribution in [2.24, 2.45) is 0 Å². The first-order valence-electron chi connectivity index (χ1n) is 8.92. The number of hydrogen-bond acceptors (Lipinski definition) is 3. The number of fused-ring (bicyclic) bond motifs is 2. The highest BCUT2D eigenvalue weighted by Gasteiger charge is 2.33. The van der Waals surface area contributed by atoms with Gasteiger partial charge in [-0.25, -0.2) is 0 Å². The average Bonchev–Trinajstić information content (AvgIpc) is 2.63. The van der Waals surface area contributed by atoms with Crippen LogP contribution in [-0.2, 0) is 6.18 Å². The van der Waals surface area contributed by atoms with Crippen molar-refractivity contribution in [3.63, 3.8) is 0 Å². The second kappa shape index (κ2) is 7.92. The van der Waals surface area contributed by atoms with E-state index in [9.17, 15) is 13.2 Å². The van der Waals surface area contributed by atoms with Crippen LogP contribution in [0, 0.1) is 0 Å². The molecule has 6 heteroatoms. The van der Waals surface area contributed by atoms with Crippen LogP contribution in [0.15, 0.2) is 52.3 Å². The van der Waals surface area contributed by atoms with Gasteiger partial charge in [-0.3, -0.25) is 0 Å². The molecule has 1 aliphatic heterocycles. The first kappa shape index (κ1) is 19.1. The number of para-hydroxylation sites is 1. The molecule has 140 valence electrons. The van der Waals surface area contributed by atoms with Gasteiger partial charge in [0.2, 0.25) is 0 Å². The molecule has 26 heavy (non-hydrogen) atoms. The van der Waals surface area contributed by atoms with Gasteiger partial charge in [0.15, 0.2) is 0 Å². The first-order valence-corrected chi connectivity index (χ1v) is 9.73. The summed E-state index contributed by atoms with van der Waals surface area (Å²) in [7, 11) is 0. The second-order valence-electron chi connectivity index (χ2n) is 6.28. The van der Waals surface area contributed by atoms with Gasteiger partial charge in [0.05, 0.1) is 16.9 Å². The van der Waals surface area contributed by atoms with E-state index < -0.39 is 11.7 Å². The molecule has 0 saturated heterocycles. The lowest BCUT2D eigenvalue weighted by atomic mass is 10.1. The molecule has 0 N–H and O–H groups in total. The number of hydrogen-bond donors (Lipinski definition) is 0. The Hall–Kier alpha value is -1.66. The lowest BCUT2D eigenvalue weighted by Gasteiger charge is -2.34. The first-order chi connectivity index (χ1) is 12.4. The van der Waals surface area contributed by atoms with Crippen LogP contribution in [0.5, 0.6) is 0 Å². The van der Waals surface area contributed by atoms with Gasteiger partial charge >= 0.3 is 6.18 Å². The summed E-state index contributed by atoms with van der Waals surface area (Å²) in [6.45, 7) is 7.85. The van der Waals surface area contributed by atoms with Crippen LogP contribution in [0.2, 0.25) is 0 Å². The predicted molar refractivity (Wildman–Crippen MR) is 101 cm³/mol. The molecule has 0 saturated carbocycles. The molecule has 0 atom stereocenters. The maximum absolute atomic E-state index is 13.2. The van der Waals surface area contributed by atoms with E-state index in [2.05, 4.69) is 18.7 Å². The molecule has 2 aromatic rings. The minimum Gasteiger partial charge on any atom is -0.340 e. The molecule has 3 rings (SSSR count). The third-order valence-electron chi connectivity index (χ3n) is 4.70. The number of alkyl halides is 3. The zero-order chi connectivity index (χ0) is 18.7. The summed E-state index contributed by atoms with van der Waals surface area (Å²) in [6.07, 6.45) is -3.43. The number of rotatable bonds is 6. The van der Waals surface area contributed by atoms with Crippen LogP contribution in [0.4, 0.5) is 24.5 Å². The number of halogens is 3. The highest BCUT2D eigenvalue weighted by molar-refractivity contribution is 7.99. The molecule has 1 heterocycles. The molecule has 0 spiro atoms. The topological polar surface area (TPSA) is 6.48 Å². The molecular weight excluding hydrogens is 357 g/mol. The predicted octanol–water partition coefficient (Wildman–Crippen LogP) is 6.04. The monoisotopic (exact) mass is 380 g/mol. The molecule has 0 aliphatic carbocycles. The average molecular weight is 380 g/mol. The van der Waals surface area contributed by atoms with Crippen LogP contribution in [-0.4, -0.2) is 31.1 Å². The van der Waals surface area contributed by atoms with Gasteiger partial charge in [0.25, 0.3) is 0 Å². The highest BCUT2D eigenvalue weighted by atomic mass is 32.2. The Labute approximate surface area is 157 Å². The van der Waals surface area contributed by atoms with Gasteiger partial charge in [-0.05, 0) is 56.4 Å². The minimum absolute atomic E-state index is 0.593. The van der Waals surface area contributed by atoms with Gasteiger partial charge in [-0.2, -0.15) is 13.2 Å². The molecule has 2 nitrogen and oxygen atoms in total. The smallest absolute Gasteiger partial charge is 0.340 e. The standard InChI is InChI=1S/C20H23F3N2S/c1-3-24(4-2)12-7-13-25-16-8-5-6-9-18(16)26-19-11-10-15(14-17(19)25)20(21,22)23/h5-6,8-11,14H,3-4,7,12-13H2,1-2H3. The van der Waals surface area contributed by atoms with Crippen LogP contribution in [0.3, 0.4) is 0 Å². The number of benzene rings is 2. The van der Waals surface area contributed by atoms with Crippen LogP contribution in [0.25, 0.3) is 0 Å². The molecule has 0 unspecified atom stereocenters. The Morgan fingerprint density at radius 1 is 0.962 bits per heavy atom. The largest absolute Gasteiger partial charge is 0.416 e. The van der Waals surface area contributed by atoms with E-state index in [1.54, 1.807) is 6.07 Å². The van der Waals surface area contributed by atoms with Crippen molar-refractivity contribution in [2.75, 3.05) is 31.1 Å². The summed E-state index contributed by atoms with van der Waals surface area (Å²) in [5, 5.41) is 0. The molecule has 0 aromatic heterocycles. The van der Waals surface area contributed by atoms with E-state index >= 15 is 0 Å². The van der Waals surface area contributed by atoms with Crippen molar-refractivity contribution in [3.05, 3.63) is 48.0 Å². The van der Waals surface area contributed by atoms with Crippen LogP contribution < -0.4 is 4.90 Å². The van der Waals surface area contributed by atoms with E-state index in [-0.39, 0.29) is 0 Å². The second-order valence-corrected chi connectivity index (χ2v) is 7.37. The van der Waals surface area contributed by atoms with Crippen molar-refractivity contribution in [3.8, 4) is 0 Å². The molecular formula is C20H23F3N2S. The van der Waals surface area contributed by atoms with Crippen molar-refractivity contribution in [1.82, 2.24) is 4.90 Å². The minimum atomic E-state index is -4.33. The fraction of sp³-hybridized carbons (Fsp3) is 0.400. The summed E-state index contributed by atoms with van der Waals surface area (Å²) >= 11 is 1.53. The van der Waals surface area contributed by atoms with Crippen molar-refractivity contribution < 1.29 is 13.2 Å². The fourth-order valence-corrected chi connectivity index (χ4v) is 4.31. The SMILES string of the molecule is CCN(CC)CCCN1c2ccccc2Sc2ccc(C(F)(F)F)cc21. The van der Waals surface area contributed by atoms with E-state index in [1.807, 2.05) is 29.2 Å². The van der Waals surface area contributed by atoms with Gasteiger partial charge in [0, 0.05) is 16.3 Å².